The lowest BCUT2D eigenvalue weighted by Crippen LogP contribution is -2.13. The minimum Gasteiger partial charge on any atom is -0.323 e. The molecule has 0 radical (unpaired) electrons. The monoisotopic (exact) mass is 344 g/mol. The first kappa shape index (κ1) is 17.7. The predicted octanol–water partition coefficient (Wildman–Crippen LogP) is 3.74. The summed E-state index contributed by atoms with van der Waals surface area (Å²) in [4.78, 5) is 11.4. The van der Waals surface area contributed by atoms with Gasteiger partial charge in [-0.2, -0.15) is 0 Å². The second kappa shape index (κ2) is 7.31. The molecule has 5 nitrogen and oxygen atoms in total. The summed E-state index contributed by atoms with van der Waals surface area (Å²) >= 11 is 0. The van der Waals surface area contributed by atoms with E-state index in [0.29, 0.717) is 17.3 Å². The summed E-state index contributed by atoms with van der Waals surface area (Å²) in [6.07, 6.45) is 1.16. The summed E-state index contributed by atoms with van der Waals surface area (Å²) in [5.41, 5.74) is 2.06. The second-order valence-corrected chi connectivity index (χ2v) is 7.28. The average molecular weight is 344 g/mol. The van der Waals surface area contributed by atoms with E-state index in [9.17, 15) is 13.2 Å². The van der Waals surface area contributed by atoms with Gasteiger partial charge in [0.25, 0.3) is 10.0 Å². The molecular weight excluding hydrogens is 324 g/mol. The highest BCUT2D eigenvalue weighted by Crippen LogP contribution is 2.21. The summed E-state index contributed by atoms with van der Waals surface area (Å²) in [6.45, 7) is 7.47. The van der Waals surface area contributed by atoms with Crippen molar-refractivity contribution in [2.75, 3.05) is 10.0 Å². The molecule has 0 saturated heterocycles. The molecule has 1 amide bonds. The Morgan fingerprint density at radius 3 is 2.04 bits per heavy atom. The van der Waals surface area contributed by atoms with Crippen molar-refractivity contribution in [3.63, 3.8) is 0 Å². The van der Waals surface area contributed by atoms with Gasteiger partial charge in [0.1, 0.15) is 0 Å². The number of hydrogen-bond donors (Lipinski definition) is 2. The molecule has 0 atom stereocenters. The number of amides is 1. The summed E-state index contributed by atoms with van der Waals surface area (Å²) in [6, 6.07) is 13.2. The van der Waals surface area contributed by atoms with Gasteiger partial charge in [-0.25, -0.2) is 8.42 Å². The topological polar surface area (TPSA) is 75.3 Å². The maximum absolute atomic E-state index is 12.4. The van der Waals surface area contributed by atoms with Gasteiger partial charge in [-0.15, -0.1) is 0 Å². The van der Waals surface area contributed by atoms with Gasteiger partial charge in [-0.3, -0.25) is 9.52 Å². The molecule has 0 saturated carbocycles. The third kappa shape index (κ3) is 4.45. The Morgan fingerprint density at radius 1 is 1.00 bits per heavy atom. The van der Waals surface area contributed by atoms with Gasteiger partial charge >= 0.3 is 0 Å². The minimum absolute atomic E-state index is 0.205. The standard InChI is InChI=1S/C18H20N2O3S/c1-4-18(21)19-15-7-9-16(10-8-15)20-24(22,23)17-11-5-14(6-12-17)13(2)3/h4-13,20H,1H2,2-3H3,(H,19,21). The van der Waals surface area contributed by atoms with Crippen LogP contribution in [0.3, 0.4) is 0 Å². The first-order chi connectivity index (χ1) is 11.3. The lowest BCUT2D eigenvalue weighted by Gasteiger charge is -2.10. The lowest BCUT2D eigenvalue weighted by molar-refractivity contribution is -0.111. The fourth-order valence-electron chi connectivity index (χ4n) is 2.06. The molecule has 6 heteroatoms. The molecule has 0 unspecified atom stereocenters. The Kier molecular flexibility index (Phi) is 5.41. The second-order valence-electron chi connectivity index (χ2n) is 5.60. The Labute approximate surface area is 142 Å². The Balaban J connectivity index is 2.13. The fraction of sp³-hybridized carbons (Fsp3) is 0.167. The third-order valence-corrected chi connectivity index (χ3v) is 4.84. The van der Waals surface area contributed by atoms with E-state index >= 15 is 0 Å². The Bertz CT molecular complexity index is 824. The van der Waals surface area contributed by atoms with Crippen molar-refractivity contribution < 1.29 is 13.2 Å². The highest BCUT2D eigenvalue weighted by molar-refractivity contribution is 7.92. The molecule has 0 bridgehead atoms. The quantitative estimate of drug-likeness (QED) is 0.784. The number of rotatable bonds is 6. The number of anilines is 2. The summed E-state index contributed by atoms with van der Waals surface area (Å²) in [5.74, 6) is 0.0154. The van der Waals surface area contributed by atoms with E-state index in [1.165, 1.54) is 0 Å². The van der Waals surface area contributed by atoms with Gasteiger partial charge in [0.15, 0.2) is 0 Å². The van der Waals surface area contributed by atoms with E-state index in [2.05, 4.69) is 30.5 Å². The minimum atomic E-state index is -3.65. The van der Waals surface area contributed by atoms with Crippen molar-refractivity contribution in [1.82, 2.24) is 0 Å². The van der Waals surface area contributed by atoms with E-state index in [1.54, 1.807) is 36.4 Å². The van der Waals surface area contributed by atoms with E-state index in [0.717, 1.165) is 11.6 Å². The number of carbonyl (C=O) groups excluding carboxylic acids is 1. The summed E-state index contributed by atoms with van der Waals surface area (Å²) in [5, 5.41) is 2.60. The van der Waals surface area contributed by atoms with Gasteiger partial charge in [0.2, 0.25) is 5.91 Å². The van der Waals surface area contributed by atoms with Crippen molar-refractivity contribution >= 4 is 27.3 Å². The van der Waals surface area contributed by atoms with Crippen molar-refractivity contribution in [1.29, 1.82) is 0 Å². The molecule has 0 heterocycles. The summed E-state index contributed by atoms with van der Waals surface area (Å²) < 4.78 is 27.3. The van der Waals surface area contributed by atoms with Gasteiger partial charge in [-0.05, 0) is 54.0 Å². The molecular formula is C18H20N2O3S. The molecule has 0 aliphatic rings. The zero-order chi connectivity index (χ0) is 17.7. The number of nitrogens with one attached hydrogen (secondary N) is 2. The number of sulfonamides is 1. The van der Waals surface area contributed by atoms with Crippen molar-refractivity contribution in [3.05, 3.63) is 66.7 Å². The van der Waals surface area contributed by atoms with E-state index in [4.69, 9.17) is 0 Å². The van der Waals surface area contributed by atoms with Crippen LogP contribution in [0.1, 0.15) is 25.3 Å². The highest BCUT2D eigenvalue weighted by Gasteiger charge is 2.14. The zero-order valence-corrected chi connectivity index (χ0v) is 14.4. The van der Waals surface area contributed by atoms with Crippen molar-refractivity contribution in [2.45, 2.75) is 24.7 Å². The first-order valence-corrected chi connectivity index (χ1v) is 8.96. The Hall–Kier alpha value is -2.60. The molecule has 24 heavy (non-hydrogen) atoms. The van der Waals surface area contributed by atoms with Gasteiger partial charge < -0.3 is 5.32 Å². The van der Waals surface area contributed by atoms with Gasteiger partial charge in [0, 0.05) is 11.4 Å². The normalized spacial score (nSPS) is 11.1. The maximum atomic E-state index is 12.4. The largest absolute Gasteiger partial charge is 0.323 e. The Morgan fingerprint density at radius 2 is 1.54 bits per heavy atom. The van der Waals surface area contributed by atoms with Crippen LogP contribution in [-0.2, 0) is 14.8 Å². The first-order valence-electron chi connectivity index (χ1n) is 7.48. The fourth-order valence-corrected chi connectivity index (χ4v) is 3.12. The molecule has 2 aromatic carbocycles. The van der Waals surface area contributed by atoms with Crippen LogP contribution in [0.4, 0.5) is 11.4 Å². The van der Waals surface area contributed by atoms with Crippen LogP contribution in [0.5, 0.6) is 0 Å². The van der Waals surface area contributed by atoms with Crippen LogP contribution in [-0.4, -0.2) is 14.3 Å². The SMILES string of the molecule is C=CC(=O)Nc1ccc(NS(=O)(=O)c2ccc(C(C)C)cc2)cc1. The zero-order valence-electron chi connectivity index (χ0n) is 13.6. The third-order valence-electron chi connectivity index (χ3n) is 3.45. The van der Waals surface area contributed by atoms with Gasteiger partial charge in [-0.1, -0.05) is 32.6 Å². The van der Waals surface area contributed by atoms with E-state index < -0.39 is 10.0 Å². The van der Waals surface area contributed by atoms with E-state index in [-0.39, 0.29) is 10.8 Å². The summed E-state index contributed by atoms with van der Waals surface area (Å²) in [7, 11) is -3.65. The van der Waals surface area contributed by atoms with E-state index in [1.807, 2.05) is 12.1 Å². The number of carbonyl (C=O) groups is 1. The van der Waals surface area contributed by atoms with Crippen LogP contribution < -0.4 is 10.0 Å². The highest BCUT2D eigenvalue weighted by atomic mass is 32.2. The molecule has 2 aromatic rings. The van der Waals surface area contributed by atoms with Crippen molar-refractivity contribution in [2.24, 2.45) is 0 Å². The van der Waals surface area contributed by atoms with Crippen LogP contribution in [0, 0.1) is 0 Å². The smallest absolute Gasteiger partial charge is 0.261 e. The molecule has 0 spiro atoms. The van der Waals surface area contributed by atoms with Crippen LogP contribution in [0.25, 0.3) is 0 Å². The lowest BCUT2D eigenvalue weighted by atomic mass is 10.0. The molecule has 2 rings (SSSR count). The van der Waals surface area contributed by atoms with Gasteiger partial charge in [0.05, 0.1) is 4.90 Å². The molecule has 0 aliphatic carbocycles. The predicted molar refractivity (Wildman–Crippen MR) is 96.6 cm³/mol. The van der Waals surface area contributed by atoms with Crippen LogP contribution in [0.15, 0.2) is 66.1 Å². The van der Waals surface area contributed by atoms with Crippen molar-refractivity contribution in [3.8, 4) is 0 Å². The van der Waals surface area contributed by atoms with Crippen LogP contribution in [0.2, 0.25) is 0 Å². The molecule has 0 fully saturated rings. The average Bonchev–Trinajstić information content (AvgIpc) is 2.56. The van der Waals surface area contributed by atoms with Crippen LogP contribution >= 0.6 is 0 Å². The number of benzene rings is 2. The molecule has 2 N–H and O–H groups in total. The maximum Gasteiger partial charge on any atom is 0.261 e. The molecule has 126 valence electrons. The number of hydrogen-bond acceptors (Lipinski definition) is 3. The molecule has 0 aromatic heterocycles. The molecule has 0 aliphatic heterocycles.